The minimum atomic E-state index is -3.84. The minimum absolute atomic E-state index is 0.151. The standard InChI is InChI=1S/C24H23Cl2N3O4S/c1-16(17-8-4-3-5-9-17)27-24(31)21-10-6-7-11-22(21)28-23(30)15-29(34(2,32)33)20-13-18(25)12-19(26)14-20/h3-14,16H,15H2,1-2H3,(H,27,31)(H,28,30)/t16-/m1/s1. The Hall–Kier alpha value is -3.07. The van der Waals surface area contributed by atoms with Crippen molar-refractivity contribution in [3.8, 4) is 0 Å². The fourth-order valence-electron chi connectivity index (χ4n) is 3.29. The van der Waals surface area contributed by atoms with E-state index in [0.717, 1.165) is 16.1 Å². The van der Waals surface area contributed by atoms with Gasteiger partial charge in [-0.15, -0.1) is 0 Å². The summed E-state index contributed by atoms with van der Waals surface area (Å²) >= 11 is 12.0. The fourth-order valence-corrected chi connectivity index (χ4v) is 4.65. The Morgan fingerprint density at radius 1 is 0.941 bits per heavy atom. The van der Waals surface area contributed by atoms with Gasteiger partial charge in [0.1, 0.15) is 6.54 Å². The van der Waals surface area contributed by atoms with Crippen LogP contribution in [0.2, 0.25) is 10.0 Å². The molecule has 3 aromatic rings. The second-order valence-electron chi connectivity index (χ2n) is 7.60. The second-order valence-corrected chi connectivity index (χ2v) is 10.4. The first-order chi connectivity index (χ1) is 16.0. The zero-order valence-corrected chi connectivity index (χ0v) is 20.8. The van der Waals surface area contributed by atoms with E-state index < -0.39 is 22.5 Å². The van der Waals surface area contributed by atoms with E-state index in [9.17, 15) is 18.0 Å². The predicted molar refractivity (Wildman–Crippen MR) is 136 cm³/mol. The third kappa shape index (κ3) is 6.72. The molecule has 0 saturated heterocycles. The number of hydrogen-bond acceptors (Lipinski definition) is 4. The first-order valence-electron chi connectivity index (χ1n) is 10.2. The molecule has 3 aromatic carbocycles. The van der Waals surface area contributed by atoms with Crippen LogP contribution in [0.25, 0.3) is 0 Å². The predicted octanol–water partition coefficient (Wildman–Crippen LogP) is 4.89. The van der Waals surface area contributed by atoms with Gasteiger partial charge in [0.25, 0.3) is 5.91 Å². The molecule has 2 N–H and O–H groups in total. The molecule has 0 aromatic heterocycles. The first-order valence-corrected chi connectivity index (χ1v) is 12.8. The van der Waals surface area contributed by atoms with Gasteiger partial charge in [-0.05, 0) is 42.8 Å². The lowest BCUT2D eigenvalue weighted by Gasteiger charge is -2.23. The van der Waals surface area contributed by atoms with E-state index in [2.05, 4.69) is 10.6 Å². The summed E-state index contributed by atoms with van der Waals surface area (Å²) in [5.74, 6) is -1.02. The van der Waals surface area contributed by atoms with Gasteiger partial charge in [0, 0.05) is 10.0 Å². The largest absolute Gasteiger partial charge is 0.345 e. The van der Waals surface area contributed by atoms with Gasteiger partial charge < -0.3 is 10.6 Å². The molecule has 34 heavy (non-hydrogen) atoms. The van der Waals surface area contributed by atoms with Crippen LogP contribution >= 0.6 is 23.2 Å². The molecule has 178 valence electrons. The van der Waals surface area contributed by atoms with Gasteiger partial charge in [-0.25, -0.2) is 8.42 Å². The summed E-state index contributed by atoms with van der Waals surface area (Å²) in [6.45, 7) is 1.32. The molecule has 0 bridgehead atoms. The van der Waals surface area contributed by atoms with Gasteiger partial charge >= 0.3 is 0 Å². The molecule has 0 radical (unpaired) electrons. The van der Waals surface area contributed by atoms with E-state index in [1.165, 1.54) is 18.2 Å². The molecule has 0 aliphatic heterocycles. The molecule has 0 aliphatic carbocycles. The van der Waals surface area contributed by atoms with Gasteiger partial charge in [0.15, 0.2) is 0 Å². The fraction of sp³-hybridized carbons (Fsp3) is 0.167. The van der Waals surface area contributed by atoms with E-state index >= 15 is 0 Å². The lowest BCUT2D eigenvalue weighted by atomic mass is 10.1. The summed E-state index contributed by atoms with van der Waals surface area (Å²) in [6, 6.07) is 19.9. The number of para-hydroxylation sites is 1. The highest BCUT2D eigenvalue weighted by atomic mass is 35.5. The summed E-state index contributed by atoms with van der Waals surface area (Å²) < 4.78 is 25.6. The lowest BCUT2D eigenvalue weighted by Crippen LogP contribution is -2.37. The monoisotopic (exact) mass is 519 g/mol. The number of anilines is 2. The van der Waals surface area contributed by atoms with Crippen LogP contribution in [0, 0.1) is 0 Å². The van der Waals surface area contributed by atoms with Crippen molar-refractivity contribution >= 4 is 56.4 Å². The number of hydrogen-bond donors (Lipinski definition) is 2. The van der Waals surface area contributed by atoms with Crippen LogP contribution in [-0.4, -0.2) is 33.0 Å². The molecule has 1 atom stereocenters. The number of sulfonamides is 1. The van der Waals surface area contributed by atoms with Gasteiger partial charge in [-0.2, -0.15) is 0 Å². The van der Waals surface area contributed by atoms with Crippen molar-refractivity contribution < 1.29 is 18.0 Å². The van der Waals surface area contributed by atoms with Crippen molar-refractivity contribution in [2.24, 2.45) is 0 Å². The Kier molecular flexibility index (Phi) is 8.19. The number of amides is 2. The number of carbonyl (C=O) groups is 2. The van der Waals surface area contributed by atoms with E-state index in [0.29, 0.717) is 0 Å². The molecule has 3 rings (SSSR count). The average molecular weight is 520 g/mol. The van der Waals surface area contributed by atoms with Crippen LogP contribution in [0.1, 0.15) is 28.9 Å². The highest BCUT2D eigenvalue weighted by Crippen LogP contribution is 2.27. The zero-order chi connectivity index (χ0) is 24.9. The minimum Gasteiger partial charge on any atom is -0.345 e. The molecule has 0 fully saturated rings. The summed E-state index contributed by atoms with van der Waals surface area (Å²) in [5, 5.41) is 5.99. The molecule has 10 heteroatoms. The Labute approximate surface area is 208 Å². The van der Waals surface area contributed by atoms with Crippen molar-refractivity contribution in [3.05, 3.63) is 94.0 Å². The van der Waals surface area contributed by atoms with Crippen LogP contribution in [0.4, 0.5) is 11.4 Å². The maximum atomic E-state index is 12.9. The van der Waals surface area contributed by atoms with Crippen LogP contribution in [-0.2, 0) is 14.8 Å². The Morgan fingerprint density at radius 3 is 2.15 bits per heavy atom. The van der Waals surface area contributed by atoms with Crippen molar-refractivity contribution in [3.63, 3.8) is 0 Å². The maximum absolute atomic E-state index is 12.9. The van der Waals surface area contributed by atoms with Crippen LogP contribution < -0.4 is 14.9 Å². The molecule has 2 amide bonds. The van der Waals surface area contributed by atoms with Gasteiger partial charge in [0.05, 0.1) is 29.2 Å². The van der Waals surface area contributed by atoms with Gasteiger partial charge in [0.2, 0.25) is 15.9 Å². The topological polar surface area (TPSA) is 95.6 Å². The number of nitrogens with zero attached hydrogens (tertiary/aromatic N) is 1. The molecule has 0 heterocycles. The molecular weight excluding hydrogens is 497 g/mol. The average Bonchev–Trinajstić information content (AvgIpc) is 2.77. The molecule has 0 saturated carbocycles. The van der Waals surface area contributed by atoms with Crippen LogP contribution in [0.5, 0.6) is 0 Å². The lowest BCUT2D eigenvalue weighted by molar-refractivity contribution is -0.114. The van der Waals surface area contributed by atoms with Crippen LogP contribution in [0.15, 0.2) is 72.8 Å². The second kappa shape index (κ2) is 10.9. The quantitative estimate of drug-likeness (QED) is 0.442. The first kappa shape index (κ1) is 25.6. The third-order valence-electron chi connectivity index (χ3n) is 4.92. The Morgan fingerprint density at radius 2 is 1.53 bits per heavy atom. The molecule has 0 spiro atoms. The van der Waals surface area contributed by atoms with E-state index in [1.54, 1.807) is 24.3 Å². The number of rotatable bonds is 8. The number of carbonyl (C=O) groups excluding carboxylic acids is 2. The van der Waals surface area contributed by atoms with Gasteiger partial charge in [-0.1, -0.05) is 65.7 Å². The third-order valence-corrected chi connectivity index (χ3v) is 6.49. The van der Waals surface area contributed by atoms with Crippen molar-refractivity contribution in [1.82, 2.24) is 5.32 Å². The van der Waals surface area contributed by atoms with E-state index in [-0.39, 0.29) is 38.9 Å². The number of benzene rings is 3. The van der Waals surface area contributed by atoms with Crippen molar-refractivity contribution in [2.75, 3.05) is 22.4 Å². The summed E-state index contributed by atoms with van der Waals surface area (Å²) in [6.07, 6.45) is 0.974. The zero-order valence-electron chi connectivity index (χ0n) is 18.5. The molecule has 0 aliphatic rings. The van der Waals surface area contributed by atoms with Crippen molar-refractivity contribution in [1.29, 1.82) is 0 Å². The summed E-state index contributed by atoms with van der Waals surface area (Å²) in [5.41, 5.74) is 1.58. The normalized spacial score (nSPS) is 12.0. The smallest absolute Gasteiger partial charge is 0.253 e. The highest BCUT2D eigenvalue weighted by Gasteiger charge is 2.23. The van der Waals surface area contributed by atoms with E-state index in [4.69, 9.17) is 23.2 Å². The SMILES string of the molecule is C[C@@H](NC(=O)c1ccccc1NC(=O)CN(c1cc(Cl)cc(Cl)c1)S(C)(=O)=O)c1ccccc1. The molecule has 0 unspecified atom stereocenters. The summed E-state index contributed by atoms with van der Waals surface area (Å²) in [4.78, 5) is 25.7. The van der Waals surface area contributed by atoms with Crippen molar-refractivity contribution in [2.45, 2.75) is 13.0 Å². The number of nitrogens with one attached hydrogen (secondary N) is 2. The maximum Gasteiger partial charge on any atom is 0.253 e. The summed E-state index contributed by atoms with van der Waals surface area (Å²) in [7, 11) is -3.84. The van der Waals surface area contributed by atoms with Crippen LogP contribution in [0.3, 0.4) is 0 Å². The highest BCUT2D eigenvalue weighted by molar-refractivity contribution is 7.92. The Bertz CT molecular complexity index is 1280. The van der Waals surface area contributed by atoms with E-state index in [1.807, 2.05) is 37.3 Å². The van der Waals surface area contributed by atoms with Gasteiger partial charge in [-0.3, -0.25) is 13.9 Å². The molecule has 7 nitrogen and oxygen atoms in total. The molecular formula is C24H23Cl2N3O4S. The Balaban J connectivity index is 1.78. The number of halogens is 2.